The van der Waals surface area contributed by atoms with Gasteiger partial charge in [-0.2, -0.15) is 0 Å². The van der Waals surface area contributed by atoms with E-state index in [1.54, 1.807) is 0 Å². The second-order valence-corrected chi connectivity index (χ2v) is 4.22. The number of hydrogen-bond donors (Lipinski definition) is 1. The summed E-state index contributed by atoms with van der Waals surface area (Å²) >= 11 is 0. The molecule has 0 aliphatic carbocycles. The minimum Gasteiger partial charge on any atom is -0.540 e. The average Bonchev–Trinajstić information content (AvgIpc) is 2.94. The van der Waals surface area contributed by atoms with E-state index in [0.29, 0.717) is 11.5 Å². The van der Waals surface area contributed by atoms with E-state index in [2.05, 4.69) is 4.98 Å². The van der Waals surface area contributed by atoms with Gasteiger partial charge in [-0.1, -0.05) is 60.7 Å². The number of oxazole rings is 1. The second kappa shape index (κ2) is 6.02. The quantitative estimate of drug-likeness (QED) is 0.797. The Morgan fingerprint density at radius 2 is 1.43 bits per heavy atom. The fourth-order valence-electron chi connectivity index (χ4n) is 1.98. The Labute approximate surface area is 121 Å². The molecular formula is C16H14N2O3. The predicted octanol–water partition coefficient (Wildman–Crippen LogP) is 2.75. The lowest BCUT2D eigenvalue weighted by molar-refractivity contribution is -0.257. The van der Waals surface area contributed by atoms with E-state index in [9.17, 15) is 9.90 Å². The topological polar surface area (TPSA) is 103 Å². The molecule has 0 aliphatic heterocycles. The highest BCUT2D eigenvalue weighted by Gasteiger charge is 2.16. The van der Waals surface area contributed by atoms with Gasteiger partial charge in [-0.05, 0) is 0 Å². The van der Waals surface area contributed by atoms with Gasteiger partial charge in [0, 0.05) is 11.1 Å². The average molecular weight is 282 g/mol. The van der Waals surface area contributed by atoms with E-state index in [4.69, 9.17) is 4.42 Å². The van der Waals surface area contributed by atoms with Crippen LogP contribution in [0.5, 0.6) is 0 Å². The third-order valence-electron chi connectivity index (χ3n) is 2.88. The molecule has 5 heteroatoms. The largest absolute Gasteiger partial charge is 0.540 e. The molecule has 3 rings (SSSR count). The van der Waals surface area contributed by atoms with Crippen LogP contribution in [-0.2, 0) is 0 Å². The molecule has 0 atom stereocenters. The fraction of sp³-hybridized carbons (Fsp3) is 0. The summed E-state index contributed by atoms with van der Waals surface area (Å²) in [6.45, 7) is 0. The summed E-state index contributed by atoms with van der Waals surface area (Å²) in [5.41, 5.74) is 2.06. The van der Waals surface area contributed by atoms with Crippen LogP contribution in [0.4, 0.5) is 0 Å². The third-order valence-corrected chi connectivity index (χ3v) is 2.88. The molecule has 0 bridgehead atoms. The van der Waals surface area contributed by atoms with E-state index >= 15 is 0 Å². The van der Waals surface area contributed by atoms with Crippen molar-refractivity contribution < 1.29 is 14.3 Å². The predicted molar refractivity (Wildman–Crippen MR) is 77.7 cm³/mol. The lowest BCUT2D eigenvalue weighted by atomic mass is 10.1. The molecule has 0 aliphatic rings. The molecule has 0 fully saturated rings. The van der Waals surface area contributed by atoms with Gasteiger partial charge in [-0.3, -0.25) is 0 Å². The van der Waals surface area contributed by atoms with Crippen molar-refractivity contribution in [3.63, 3.8) is 0 Å². The van der Waals surface area contributed by atoms with E-state index < -0.39 is 11.9 Å². The summed E-state index contributed by atoms with van der Waals surface area (Å²) in [6.07, 6.45) is 0. The molecule has 0 radical (unpaired) electrons. The number of benzene rings is 2. The van der Waals surface area contributed by atoms with Crippen LogP contribution in [0.15, 0.2) is 65.1 Å². The first kappa shape index (κ1) is 14.5. The van der Waals surface area contributed by atoms with Gasteiger partial charge in [-0.25, -0.2) is 4.98 Å². The summed E-state index contributed by atoms with van der Waals surface area (Å²) in [5, 5.41) is 11.0. The minimum absolute atomic E-state index is 0. The Morgan fingerprint density at radius 3 is 1.95 bits per heavy atom. The zero-order chi connectivity index (χ0) is 13.9. The third kappa shape index (κ3) is 2.82. The number of aromatic nitrogens is 1. The molecule has 3 aromatic rings. The van der Waals surface area contributed by atoms with Crippen LogP contribution >= 0.6 is 0 Å². The standard InChI is InChI=1S/C16H11NO3.H3N/c18-16(19)15-17-13(11-7-3-1-4-8-11)14(20-15)12-9-5-2-6-10-12;/h1-10H,(H,18,19);1H3. The van der Waals surface area contributed by atoms with Crippen LogP contribution in [0.2, 0.25) is 0 Å². The summed E-state index contributed by atoms with van der Waals surface area (Å²) in [4.78, 5) is 15.0. The van der Waals surface area contributed by atoms with Gasteiger partial charge in [0.05, 0.1) is 0 Å². The van der Waals surface area contributed by atoms with Crippen molar-refractivity contribution in [2.75, 3.05) is 0 Å². The number of rotatable bonds is 3. The van der Waals surface area contributed by atoms with Gasteiger partial charge in [-0.15, -0.1) is 0 Å². The highest BCUT2D eigenvalue weighted by molar-refractivity contribution is 5.85. The normalized spacial score (nSPS) is 9.90. The number of nitrogens with zero attached hydrogens (tertiary/aromatic N) is 1. The lowest BCUT2D eigenvalue weighted by Gasteiger charge is -2.00. The molecule has 2 aromatic carbocycles. The molecule has 21 heavy (non-hydrogen) atoms. The number of quaternary nitrogens is 1. The smallest absolute Gasteiger partial charge is 0.243 e. The molecule has 0 saturated carbocycles. The number of carbonyl (C=O) groups is 1. The molecule has 0 saturated heterocycles. The van der Waals surface area contributed by atoms with E-state index in [1.807, 2.05) is 60.7 Å². The SMILES string of the molecule is O=C([O-])c1nc(-c2ccccc2)c(-c2ccccc2)o1.[NH4+]. The Bertz CT molecular complexity index is 680. The van der Waals surface area contributed by atoms with E-state index in [1.165, 1.54) is 0 Å². The van der Waals surface area contributed by atoms with Gasteiger partial charge in [0.15, 0.2) is 5.76 Å². The molecule has 4 N–H and O–H groups in total. The van der Waals surface area contributed by atoms with Crippen molar-refractivity contribution in [2.45, 2.75) is 0 Å². The summed E-state index contributed by atoms with van der Waals surface area (Å²) in [7, 11) is 0. The summed E-state index contributed by atoms with van der Waals surface area (Å²) in [6, 6.07) is 18.6. The van der Waals surface area contributed by atoms with Crippen molar-refractivity contribution in [1.82, 2.24) is 11.1 Å². The Balaban J connectivity index is 0.00000161. The first-order chi connectivity index (χ1) is 9.75. The van der Waals surface area contributed by atoms with Crippen molar-refractivity contribution in [3.8, 4) is 22.6 Å². The summed E-state index contributed by atoms with van der Waals surface area (Å²) in [5.74, 6) is -1.41. The van der Waals surface area contributed by atoms with Crippen LogP contribution in [0.1, 0.15) is 10.7 Å². The summed E-state index contributed by atoms with van der Waals surface area (Å²) < 4.78 is 5.34. The first-order valence-electron chi connectivity index (χ1n) is 6.09. The van der Waals surface area contributed by atoms with Crippen LogP contribution in [-0.4, -0.2) is 11.0 Å². The maximum absolute atomic E-state index is 11.0. The zero-order valence-electron chi connectivity index (χ0n) is 11.4. The molecule has 0 amide bonds. The molecule has 1 aromatic heterocycles. The Morgan fingerprint density at radius 1 is 0.905 bits per heavy atom. The van der Waals surface area contributed by atoms with Crippen LogP contribution < -0.4 is 11.3 Å². The number of hydrogen-bond acceptors (Lipinski definition) is 4. The molecule has 0 unspecified atom stereocenters. The van der Waals surface area contributed by atoms with E-state index in [-0.39, 0.29) is 6.15 Å². The van der Waals surface area contributed by atoms with Gasteiger partial charge in [0.25, 0.3) is 0 Å². The molecule has 0 spiro atoms. The van der Waals surface area contributed by atoms with E-state index in [0.717, 1.165) is 11.1 Å². The van der Waals surface area contributed by atoms with Crippen molar-refractivity contribution in [2.24, 2.45) is 0 Å². The first-order valence-corrected chi connectivity index (χ1v) is 6.09. The van der Waals surface area contributed by atoms with Gasteiger partial charge < -0.3 is 20.5 Å². The second-order valence-electron chi connectivity index (χ2n) is 4.22. The molecule has 106 valence electrons. The fourth-order valence-corrected chi connectivity index (χ4v) is 1.98. The zero-order valence-corrected chi connectivity index (χ0v) is 11.4. The van der Waals surface area contributed by atoms with Crippen molar-refractivity contribution in [1.29, 1.82) is 0 Å². The van der Waals surface area contributed by atoms with Crippen molar-refractivity contribution >= 4 is 5.97 Å². The lowest BCUT2D eigenvalue weighted by Crippen LogP contribution is -2.22. The minimum atomic E-state index is -1.43. The van der Waals surface area contributed by atoms with Gasteiger partial charge >= 0.3 is 0 Å². The maximum Gasteiger partial charge on any atom is 0.243 e. The maximum atomic E-state index is 11.0. The highest BCUT2D eigenvalue weighted by atomic mass is 16.4. The Kier molecular flexibility index (Phi) is 4.15. The molecule has 5 nitrogen and oxygen atoms in total. The number of aromatic carboxylic acids is 1. The number of carboxylic acid groups (broad SMARTS) is 1. The van der Waals surface area contributed by atoms with Gasteiger partial charge in [0.1, 0.15) is 11.7 Å². The van der Waals surface area contributed by atoms with Crippen molar-refractivity contribution in [3.05, 3.63) is 66.6 Å². The number of carbonyl (C=O) groups excluding carboxylic acids is 1. The Hall–Kier alpha value is -2.92. The molecule has 1 heterocycles. The van der Waals surface area contributed by atoms with Gasteiger partial charge in [0.2, 0.25) is 5.89 Å². The monoisotopic (exact) mass is 282 g/mol. The van der Waals surface area contributed by atoms with Crippen LogP contribution in [0, 0.1) is 0 Å². The van der Waals surface area contributed by atoms with Crippen LogP contribution in [0.25, 0.3) is 22.6 Å². The number of carboxylic acids is 1. The van der Waals surface area contributed by atoms with Crippen LogP contribution in [0.3, 0.4) is 0 Å². The highest BCUT2D eigenvalue weighted by Crippen LogP contribution is 2.32. The molecular weight excluding hydrogens is 268 g/mol.